The van der Waals surface area contributed by atoms with Crippen LogP contribution in [-0.2, 0) is 53.4 Å². The molecular formula is C44H39BrN6O12. The number of hydrogen-bond donors (Lipinski definition) is 1. The molecule has 18 nitrogen and oxygen atoms in total. The molecule has 0 saturated carbocycles. The number of ketones is 2. The highest BCUT2D eigenvalue weighted by Gasteiger charge is 2.14. The van der Waals surface area contributed by atoms with Gasteiger partial charge in [-0.3, -0.25) is 19.2 Å². The molecule has 0 radical (unpaired) electrons. The van der Waals surface area contributed by atoms with Crippen LogP contribution in [0, 0.1) is 0 Å². The summed E-state index contributed by atoms with van der Waals surface area (Å²) in [5.41, 5.74) is 20.1. The number of fused-ring (bicyclic) bond motifs is 2. The fourth-order valence-electron chi connectivity index (χ4n) is 5.68. The van der Waals surface area contributed by atoms with E-state index in [1.807, 2.05) is 12.1 Å². The van der Waals surface area contributed by atoms with Gasteiger partial charge in [0.05, 0.1) is 27.1 Å². The molecular weight excluding hydrogens is 884 g/mol. The zero-order valence-corrected chi connectivity index (χ0v) is 35.5. The SMILES string of the molecule is COC(=O)CCC(=O)Cc1cc(=O)oc2cc(O)ccc12.COC(=O)CCC(=O)Cc1cc(=O)oc2cc(OCc3ccc(N=[N+]=[N-])cc3)ccc12.[N-]=[N+]=Nc1ccc(CBr)cc1. The topological polar surface area (TPSA) is 274 Å². The van der Waals surface area contributed by atoms with E-state index in [0.717, 1.165) is 10.9 Å². The smallest absolute Gasteiger partial charge is 0.336 e. The van der Waals surface area contributed by atoms with Crippen molar-refractivity contribution < 1.29 is 47.3 Å². The molecule has 1 N–H and O–H groups in total. The average molecular weight is 924 g/mol. The van der Waals surface area contributed by atoms with Crippen LogP contribution < -0.4 is 16.0 Å². The molecule has 0 unspecified atom stereocenters. The fourth-order valence-corrected chi connectivity index (χ4v) is 6.05. The number of hydrogen-bond acceptors (Lipinski definition) is 14. The number of ether oxygens (including phenoxy) is 3. The van der Waals surface area contributed by atoms with E-state index in [0.29, 0.717) is 44.6 Å². The van der Waals surface area contributed by atoms with Crippen molar-refractivity contribution in [1.82, 2.24) is 0 Å². The summed E-state index contributed by atoms with van der Waals surface area (Å²) in [6, 6.07) is 26.2. The van der Waals surface area contributed by atoms with Crippen molar-refractivity contribution in [1.29, 1.82) is 0 Å². The molecule has 0 spiro atoms. The molecule has 19 heteroatoms. The van der Waals surface area contributed by atoms with Crippen molar-refractivity contribution in [2.45, 2.75) is 50.5 Å². The Balaban J connectivity index is 0.000000233. The van der Waals surface area contributed by atoms with Crippen molar-refractivity contribution >= 4 is 72.7 Å². The van der Waals surface area contributed by atoms with Crippen molar-refractivity contribution in [3.8, 4) is 11.5 Å². The van der Waals surface area contributed by atoms with Gasteiger partial charge in [0, 0.05) is 87.2 Å². The van der Waals surface area contributed by atoms with Crippen molar-refractivity contribution in [2.24, 2.45) is 10.2 Å². The minimum atomic E-state index is -0.594. The van der Waals surface area contributed by atoms with Gasteiger partial charge in [0.25, 0.3) is 0 Å². The lowest BCUT2D eigenvalue weighted by Gasteiger charge is -2.09. The summed E-state index contributed by atoms with van der Waals surface area (Å²) in [7, 11) is 2.52. The van der Waals surface area contributed by atoms with Crippen LogP contribution in [0.3, 0.4) is 0 Å². The van der Waals surface area contributed by atoms with E-state index >= 15 is 0 Å². The first-order chi connectivity index (χ1) is 30.3. The van der Waals surface area contributed by atoms with Gasteiger partial charge >= 0.3 is 23.2 Å². The number of rotatable bonds is 16. The molecule has 0 aliphatic carbocycles. The lowest BCUT2D eigenvalue weighted by atomic mass is 10.0. The minimum Gasteiger partial charge on any atom is -0.508 e. The van der Waals surface area contributed by atoms with Crippen LogP contribution >= 0.6 is 15.9 Å². The largest absolute Gasteiger partial charge is 0.508 e. The van der Waals surface area contributed by atoms with E-state index in [4.69, 9.17) is 24.6 Å². The summed E-state index contributed by atoms with van der Waals surface area (Å²) in [5.74, 6) is -0.809. The normalized spacial score (nSPS) is 10.1. The molecule has 0 amide bonds. The van der Waals surface area contributed by atoms with E-state index in [1.54, 1.807) is 60.7 Å². The van der Waals surface area contributed by atoms with Crippen LogP contribution in [0.5, 0.6) is 11.5 Å². The van der Waals surface area contributed by atoms with Gasteiger partial charge < -0.3 is 28.2 Å². The molecule has 324 valence electrons. The molecule has 0 atom stereocenters. The van der Waals surface area contributed by atoms with Crippen LogP contribution in [0.25, 0.3) is 42.8 Å². The monoisotopic (exact) mass is 922 g/mol. The maximum absolute atomic E-state index is 12.2. The summed E-state index contributed by atoms with van der Waals surface area (Å²) >= 11 is 3.32. The van der Waals surface area contributed by atoms with E-state index in [9.17, 15) is 33.9 Å². The van der Waals surface area contributed by atoms with Gasteiger partial charge in [-0.05, 0) is 57.6 Å². The second-order valence-corrected chi connectivity index (χ2v) is 13.8. The Morgan fingerprint density at radius 1 is 0.635 bits per heavy atom. The van der Waals surface area contributed by atoms with E-state index < -0.39 is 23.2 Å². The Labute approximate surface area is 366 Å². The first-order valence-corrected chi connectivity index (χ1v) is 19.9. The maximum atomic E-state index is 12.2. The number of benzene rings is 4. The summed E-state index contributed by atoms with van der Waals surface area (Å²) in [6.45, 7) is 0.262. The van der Waals surface area contributed by atoms with Crippen LogP contribution in [0.15, 0.2) is 126 Å². The Kier molecular flexibility index (Phi) is 18.7. The summed E-state index contributed by atoms with van der Waals surface area (Å²) in [5, 5.41) is 18.4. The highest BCUT2D eigenvalue weighted by atomic mass is 79.9. The molecule has 6 rings (SSSR count). The second kappa shape index (κ2) is 24.5. The van der Waals surface area contributed by atoms with E-state index in [-0.39, 0.29) is 68.0 Å². The Hall–Kier alpha value is -7.72. The first kappa shape index (κ1) is 48.0. The van der Waals surface area contributed by atoms with Crippen molar-refractivity contribution in [3.05, 3.63) is 161 Å². The maximum Gasteiger partial charge on any atom is 0.336 e. The van der Waals surface area contributed by atoms with Gasteiger partial charge in [-0.2, -0.15) is 0 Å². The Bertz CT molecular complexity index is 2800. The van der Waals surface area contributed by atoms with Crippen LogP contribution in [0.4, 0.5) is 11.4 Å². The number of alkyl halides is 1. The average Bonchev–Trinajstić information content (AvgIpc) is 3.27. The molecule has 2 aromatic heterocycles. The number of phenolic OH excluding ortho intramolecular Hbond substituents is 1. The molecule has 0 aliphatic heterocycles. The predicted octanol–water partition coefficient (Wildman–Crippen LogP) is 9.47. The predicted molar refractivity (Wildman–Crippen MR) is 234 cm³/mol. The van der Waals surface area contributed by atoms with Crippen molar-refractivity contribution in [3.63, 3.8) is 0 Å². The van der Waals surface area contributed by atoms with Gasteiger partial charge in [-0.25, -0.2) is 9.59 Å². The van der Waals surface area contributed by atoms with Crippen LogP contribution in [-0.4, -0.2) is 42.8 Å². The summed E-state index contributed by atoms with van der Waals surface area (Å²) in [6.07, 6.45) is 0.118. The minimum absolute atomic E-state index is 0.00344. The number of esters is 2. The highest BCUT2D eigenvalue weighted by Crippen LogP contribution is 2.25. The number of methoxy groups -OCH3 is 2. The van der Waals surface area contributed by atoms with Crippen LogP contribution in [0.1, 0.15) is 47.9 Å². The number of carbonyl (C=O) groups is 4. The Morgan fingerprint density at radius 2 is 1.10 bits per heavy atom. The number of aromatic hydroxyl groups is 1. The second-order valence-electron chi connectivity index (χ2n) is 13.2. The third kappa shape index (κ3) is 15.7. The molecule has 2 heterocycles. The van der Waals surface area contributed by atoms with Gasteiger partial charge in [-0.1, -0.05) is 74.7 Å². The zero-order chi connectivity index (χ0) is 45.7. The first-order valence-electron chi connectivity index (χ1n) is 18.8. The third-order valence-corrected chi connectivity index (χ3v) is 9.46. The molecule has 4 aromatic carbocycles. The van der Waals surface area contributed by atoms with Crippen LogP contribution in [0.2, 0.25) is 0 Å². The van der Waals surface area contributed by atoms with E-state index in [2.05, 4.69) is 45.5 Å². The standard InChI is InChI=1S/C22H19N3O6.C15H14O6.C7H6BrN3/c1-29-21(27)9-6-17(26)10-15-11-22(28)31-20-12-18(7-8-19(15)20)30-13-14-2-4-16(5-3-14)24-25-23;1-20-14(18)5-3-10(16)6-9-7-15(19)21-13-8-11(17)2-4-12(9)13;8-5-6-1-3-7(4-2-6)10-11-9/h2-5,7-8,11-12H,6,9-10,13H2,1H3;2,4,7-8,17H,3,5-6H2,1H3;1-4H,5H2. The molecule has 0 fully saturated rings. The van der Waals surface area contributed by atoms with Crippen molar-refractivity contribution in [2.75, 3.05) is 14.2 Å². The molecule has 0 aliphatic rings. The van der Waals surface area contributed by atoms with Gasteiger partial charge in [0.1, 0.15) is 40.8 Å². The number of carbonyl (C=O) groups excluding carboxylic acids is 4. The highest BCUT2D eigenvalue weighted by molar-refractivity contribution is 9.08. The van der Waals surface area contributed by atoms with Gasteiger partial charge in [-0.15, -0.1) is 0 Å². The summed E-state index contributed by atoms with van der Waals surface area (Å²) in [4.78, 5) is 75.1. The lowest BCUT2D eigenvalue weighted by molar-refractivity contribution is -0.142. The van der Waals surface area contributed by atoms with Gasteiger partial charge in [0.2, 0.25) is 0 Å². The fraction of sp³-hybridized carbons (Fsp3) is 0.227. The number of azide groups is 2. The number of halogens is 1. The number of nitrogens with zero attached hydrogens (tertiary/aromatic N) is 6. The zero-order valence-electron chi connectivity index (χ0n) is 33.9. The van der Waals surface area contributed by atoms with E-state index in [1.165, 1.54) is 44.0 Å². The quantitative estimate of drug-likeness (QED) is 0.0237. The number of Topliss-reactive ketones (excluding diaryl/α,β-unsaturated/α-hetero) is 2. The summed E-state index contributed by atoms with van der Waals surface area (Å²) < 4.78 is 25.0. The van der Waals surface area contributed by atoms with Gasteiger partial charge in [0.15, 0.2) is 0 Å². The molecule has 0 bridgehead atoms. The Morgan fingerprint density at radius 3 is 1.56 bits per heavy atom. The molecule has 6 aromatic rings. The molecule has 63 heavy (non-hydrogen) atoms. The lowest BCUT2D eigenvalue weighted by Crippen LogP contribution is -2.10. The number of phenols is 1. The molecule has 0 saturated heterocycles. The third-order valence-electron chi connectivity index (χ3n) is 8.81.